The van der Waals surface area contributed by atoms with Crippen LogP contribution in [0.1, 0.15) is 20.8 Å². The molecule has 0 bridgehead atoms. The maximum atomic E-state index is 11.5. The molecule has 0 saturated carbocycles. The summed E-state index contributed by atoms with van der Waals surface area (Å²) in [6, 6.07) is 0.540. The Morgan fingerprint density at radius 3 is 2.17 bits per heavy atom. The molecule has 12 heavy (non-hydrogen) atoms. The molecule has 0 N–H and O–H groups in total. The SMILES string of the molecule is CC(C)[C@@H](C)N1CCN(C)C1=O. The third-order valence-corrected chi connectivity index (χ3v) is 2.70. The molecule has 0 aromatic rings. The van der Waals surface area contributed by atoms with E-state index in [4.69, 9.17) is 0 Å². The predicted molar refractivity (Wildman–Crippen MR) is 49.0 cm³/mol. The quantitative estimate of drug-likeness (QED) is 0.614. The number of amides is 2. The lowest BCUT2D eigenvalue weighted by molar-refractivity contribution is 0.173. The van der Waals surface area contributed by atoms with E-state index in [0.717, 1.165) is 13.1 Å². The smallest absolute Gasteiger partial charge is 0.320 e. The Hall–Kier alpha value is -0.730. The zero-order valence-electron chi connectivity index (χ0n) is 8.37. The van der Waals surface area contributed by atoms with Gasteiger partial charge in [-0.1, -0.05) is 13.8 Å². The second kappa shape index (κ2) is 3.33. The van der Waals surface area contributed by atoms with Crippen molar-refractivity contribution in [2.45, 2.75) is 26.8 Å². The van der Waals surface area contributed by atoms with Gasteiger partial charge in [0.25, 0.3) is 0 Å². The maximum absolute atomic E-state index is 11.5. The third kappa shape index (κ3) is 1.54. The lowest BCUT2D eigenvalue weighted by atomic mass is 10.1. The Bertz CT molecular complexity index is 179. The molecule has 1 aliphatic heterocycles. The number of hydrogen-bond donors (Lipinski definition) is 0. The zero-order chi connectivity index (χ0) is 9.30. The fourth-order valence-electron chi connectivity index (χ4n) is 1.41. The fraction of sp³-hybridized carbons (Fsp3) is 0.889. The van der Waals surface area contributed by atoms with Gasteiger partial charge in [-0.15, -0.1) is 0 Å². The van der Waals surface area contributed by atoms with Crippen LogP contribution >= 0.6 is 0 Å². The van der Waals surface area contributed by atoms with Gasteiger partial charge in [-0.2, -0.15) is 0 Å². The van der Waals surface area contributed by atoms with E-state index in [1.165, 1.54) is 0 Å². The summed E-state index contributed by atoms with van der Waals surface area (Å²) < 4.78 is 0. The van der Waals surface area contributed by atoms with Crippen LogP contribution < -0.4 is 0 Å². The van der Waals surface area contributed by atoms with Gasteiger partial charge in [-0.25, -0.2) is 4.79 Å². The number of hydrogen-bond acceptors (Lipinski definition) is 1. The average molecular weight is 170 g/mol. The van der Waals surface area contributed by atoms with E-state index in [2.05, 4.69) is 20.8 Å². The van der Waals surface area contributed by atoms with E-state index in [-0.39, 0.29) is 6.03 Å². The number of likely N-dealkylation sites (N-methyl/N-ethyl adjacent to an activating group) is 1. The average Bonchev–Trinajstić information content (AvgIpc) is 2.32. The van der Waals surface area contributed by atoms with Gasteiger partial charge in [-0.05, 0) is 12.8 Å². The van der Waals surface area contributed by atoms with Crippen LogP contribution in [0.25, 0.3) is 0 Å². The Kier molecular flexibility index (Phi) is 2.60. The van der Waals surface area contributed by atoms with E-state index in [1.54, 1.807) is 4.90 Å². The molecule has 0 aromatic heterocycles. The number of urea groups is 1. The summed E-state index contributed by atoms with van der Waals surface area (Å²) in [7, 11) is 1.86. The number of rotatable bonds is 2. The summed E-state index contributed by atoms with van der Waals surface area (Å²) >= 11 is 0. The van der Waals surface area contributed by atoms with Gasteiger partial charge in [0.1, 0.15) is 0 Å². The summed E-state index contributed by atoms with van der Waals surface area (Å²) in [5.74, 6) is 0.542. The number of nitrogens with zero attached hydrogens (tertiary/aromatic N) is 2. The van der Waals surface area contributed by atoms with Gasteiger partial charge in [0.15, 0.2) is 0 Å². The fourth-order valence-corrected chi connectivity index (χ4v) is 1.41. The highest BCUT2D eigenvalue weighted by Gasteiger charge is 2.30. The molecule has 1 atom stereocenters. The highest BCUT2D eigenvalue weighted by Crippen LogP contribution is 2.15. The van der Waals surface area contributed by atoms with E-state index in [9.17, 15) is 4.79 Å². The third-order valence-electron chi connectivity index (χ3n) is 2.70. The number of carbonyl (C=O) groups excluding carboxylic acids is 1. The summed E-state index contributed by atoms with van der Waals surface area (Å²) in [5, 5.41) is 0. The predicted octanol–water partition coefficient (Wildman–Crippen LogP) is 1.40. The van der Waals surface area contributed by atoms with Gasteiger partial charge in [-0.3, -0.25) is 0 Å². The van der Waals surface area contributed by atoms with Crippen molar-refractivity contribution in [1.82, 2.24) is 9.80 Å². The monoisotopic (exact) mass is 170 g/mol. The van der Waals surface area contributed by atoms with Crippen molar-refractivity contribution in [1.29, 1.82) is 0 Å². The van der Waals surface area contributed by atoms with Gasteiger partial charge >= 0.3 is 6.03 Å². The van der Waals surface area contributed by atoms with Crippen LogP contribution in [-0.2, 0) is 0 Å². The summed E-state index contributed by atoms with van der Waals surface area (Å²) in [6.45, 7) is 8.17. The Morgan fingerprint density at radius 2 is 1.83 bits per heavy atom. The largest absolute Gasteiger partial charge is 0.326 e. The molecule has 0 spiro atoms. The molecule has 1 aliphatic rings. The van der Waals surface area contributed by atoms with Gasteiger partial charge in [0, 0.05) is 26.2 Å². The van der Waals surface area contributed by atoms with Crippen molar-refractivity contribution in [2.75, 3.05) is 20.1 Å². The molecule has 1 fully saturated rings. The van der Waals surface area contributed by atoms with Gasteiger partial charge < -0.3 is 9.80 Å². The molecule has 0 radical (unpaired) electrons. The van der Waals surface area contributed by atoms with Crippen molar-refractivity contribution in [3.8, 4) is 0 Å². The summed E-state index contributed by atoms with van der Waals surface area (Å²) in [6.07, 6.45) is 0. The maximum Gasteiger partial charge on any atom is 0.320 e. The Balaban J connectivity index is 2.59. The summed E-state index contributed by atoms with van der Waals surface area (Å²) in [4.78, 5) is 15.2. The Morgan fingerprint density at radius 1 is 1.25 bits per heavy atom. The van der Waals surface area contributed by atoms with Crippen LogP contribution in [0.15, 0.2) is 0 Å². The van der Waals surface area contributed by atoms with Crippen molar-refractivity contribution in [3.05, 3.63) is 0 Å². The molecule has 2 amide bonds. The van der Waals surface area contributed by atoms with Crippen LogP contribution in [0.2, 0.25) is 0 Å². The molecule has 3 nitrogen and oxygen atoms in total. The summed E-state index contributed by atoms with van der Waals surface area (Å²) in [5.41, 5.74) is 0. The van der Waals surface area contributed by atoms with Crippen LogP contribution in [0.5, 0.6) is 0 Å². The minimum atomic E-state index is 0.177. The molecule has 0 unspecified atom stereocenters. The molecule has 3 heteroatoms. The molecule has 1 heterocycles. The van der Waals surface area contributed by atoms with E-state index < -0.39 is 0 Å². The molecule has 0 aliphatic carbocycles. The second-order valence-electron chi connectivity index (χ2n) is 3.88. The van der Waals surface area contributed by atoms with E-state index in [0.29, 0.717) is 12.0 Å². The highest BCUT2D eigenvalue weighted by atomic mass is 16.2. The first-order valence-electron chi connectivity index (χ1n) is 4.55. The lowest BCUT2D eigenvalue weighted by Crippen LogP contribution is -2.39. The molecule has 0 aromatic carbocycles. The van der Waals surface area contributed by atoms with Crippen molar-refractivity contribution in [3.63, 3.8) is 0 Å². The van der Waals surface area contributed by atoms with E-state index in [1.807, 2.05) is 11.9 Å². The molecular weight excluding hydrogens is 152 g/mol. The van der Waals surface area contributed by atoms with Crippen molar-refractivity contribution in [2.24, 2.45) is 5.92 Å². The minimum Gasteiger partial charge on any atom is -0.326 e. The first kappa shape index (κ1) is 9.36. The van der Waals surface area contributed by atoms with Crippen LogP contribution in [0, 0.1) is 5.92 Å². The highest BCUT2D eigenvalue weighted by molar-refractivity contribution is 5.76. The van der Waals surface area contributed by atoms with Gasteiger partial charge in [0.05, 0.1) is 0 Å². The van der Waals surface area contributed by atoms with Gasteiger partial charge in [0.2, 0.25) is 0 Å². The normalized spacial score (nSPS) is 20.9. The second-order valence-corrected chi connectivity index (χ2v) is 3.88. The zero-order valence-corrected chi connectivity index (χ0v) is 8.37. The van der Waals surface area contributed by atoms with Crippen molar-refractivity contribution >= 4 is 6.03 Å². The lowest BCUT2D eigenvalue weighted by Gasteiger charge is -2.26. The topological polar surface area (TPSA) is 23.6 Å². The molecule has 1 saturated heterocycles. The first-order chi connectivity index (χ1) is 5.54. The first-order valence-corrected chi connectivity index (χ1v) is 4.55. The molecule has 70 valence electrons. The Labute approximate surface area is 74.3 Å². The van der Waals surface area contributed by atoms with Crippen molar-refractivity contribution < 1.29 is 4.79 Å². The molecular formula is C9H18N2O. The standard InChI is InChI=1S/C9H18N2O/c1-7(2)8(3)11-6-5-10(4)9(11)12/h7-8H,5-6H2,1-4H3/t8-/m1/s1. The van der Waals surface area contributed by atoms with Crippen LogP contribution in [0.3, 0.4) is 0 Å². The minimum absolute atomic E-state index is 0.177. The molecule has 1 rings (SSSR count). The van der Waals surface area contributed by atoms with Crippen LogP contribution in [-0.4, -0.2) is 42.0 Å². The van der Waals surface area contributed by atoms with E-state index >= 15 is 0 Å². The van der Waals surface area contributed by atoms with Crippen LogP contribution in [0.4, 0.5) is 4.79 Å². The number of carbonyl (C=O) groups is 1.